The van der Waals surface area contributed by atoms with E-state index in [1.54, 1.807) is 18.2 Å². The van der Waals surface area contributed by atoms with E-state index in [-0.39, 0.29) is 17.2 Å². The van der Waals surface area contributed by atoms with Gasteiger partial charge in [0, 0.05) is 15.9 Å². The topological polar surface area (TPSA) is 65.5 Å². The molecule has 0 saturated carbocycles. The van der Waals surface area contributed by atoms with Crippen molar-refractivity contribution < 1.29 is 9.90 Å². The fourth-order valence-corrected chi connectivity index (χ4v) is 2.89. The molecule has 0 unspecified atom stereocenters. The van der Waals surface area contributed by atoms with Gasteiger partial charge in [-0.3, -0.25) is 4.79 Å². The van der Waals surface area contributed by atoms with Gasteiger partial charge in [0.2, 0.25) is 5.78 Å². The largest absolute Gasteiger partial charge is 0.505 e. The van der Waals surface area contributed by atoms with Crippen molar-refractivity contribution in [2.75, 3.05) is 0 Å². The van der Waals surface area contributed by atoms with Gasteiger partial charge in [-0.25, -0.2) is 4.99 Å². The van der Waals surface area contributed by atoms with Crippen LogP contribution < -0.4 is 0 Å². The third-order valence-corrected chi connectivity index (χ3v) is 4.05. The maximum absolute atomic E-state index is 12.5. The third kappa shape index (κ3) is 1.77. The summed E-state index contributed by atoms with van der Waals surface area (Å²) in [5.74, 6) is -0.194. The molecule has 3 aromatic rings. The fraction of sp³-hybridized carbons (Fsp3) is 0.0588. The van der Waals surface area contributed by atoms with Crippen molar-refractivity contribution in [1.29, 1.82) is 0 Å². The highest BCUT2D eigenvalue weighted by Gasteiger charge is 2.29. The second-order valence-electron chi connectivity index (χ2n) is 5.35. The molecule has 4 nitrogen and oxygen atoms in total. The van der Waals surface area contributed by atoms with Crippen LogP contribution in [-0.4, -0.2) is 21.6 Å². The van der Waals surface area contributed by atoms with E-state index in [0.717, 1.165) is 11.1 Å². The minimum Gasteiger partial charge on any atom is -0.505 e. The summed E-state index contributed by atoms with van der Waals surface area (Å²) in [4.78, 5) is 19.9. The Morgan fingerprint density at radius 2 is 2.00 bits per heavy atom. The Morgan fingerprint density at radius 3 is 2.82 bits per heavy atom. The zero-order chi connectivity index (χ0) is 15.4. The van der Waals surface area contributed by atoms with Crippen LogP contribution in [-0.2, 0) is 0 Å². The zero-order valence-corrected chi connectivity index (χ0v) is 12.4. The van der Waals surface area contributed by atoms with Crippen molar-refractivity contribution >= 4 is 39.7 Å². The van der Waals surface area contributed by atoms with E-state index in [4.69, 9.17) is 11.6 Å². The van der Waals surface area contributed by atoms with E-state index in [0.29, 0.717) is 27.4 Å². The van der Waals surface area contributed by atoms with Crippen LogP contribution in [0.2, 0.25) is 5.02 Å². The fourth-order valence-electron chi connectivity index (χ4n) is 2.72. The van der Waals surface area contributed by atoms with Crippen molar-refractivity contribution in [1.82, 2.24) is 4.98 Å². The molecular formula is C17H11ClN2O2. The second-order valence-corrected chi connectivity index (χ2v) is 5.79. The number of ketones is 1. The number of aryl methyl sites for hydroxylation is 1. The number of carbonyl (C=O) groups excluding carboxylic acids is 1. The molecule has 108 valence electrons. The molecule has 2 heterocycles. The number of nitrogens with one attached hydrogen (secondary N) is 1. The predicted octanol–water partition coefficient (Wildman–Crippen LogP) is 4.15. The Balaban J connectivity index is 1.91. The Hall–Kier alpha value is -2.59. The molecule has 1 aromatic heterocycles. The number of hydrogen-bond acceptors (Lipinski definition) is 3. The van der Waals surface area contributed by atoms with Gasteiger partial charge in [0.1, 0.15) is 11.4 Å². The number of aromatic hydroxyl groups is 1. The van der Waals surface area contributed by atoms with Crippen LogP contribution in [0.1, 0.15) is 21.6 Å². The normalized spacial score (nSPS) is 13.5. The SMILES string of the molecule is Cc1ccc2[nH]c(C3=Nc4ccc(Cl)cc4C3=O)c(O)c2c1. The molecule has 0 aliphatic carbocycles. The monoisotopic (exact) mass is 310 g/mol. The summed E-state index contributed by atoms with van der Waals surface area (Å²) in [5, 5.41) is 11.6. The Kier molecular flexibility index (Phi) is 2.65. The number of hydrogen-bond donors (Lipinski definition) is 2. The lowest BCUT2D eigenvalue weighted by Gasteiger charge is -1.97. The van der Waals surface area contributed by atoms with E-state index in [1.807, 2.05) is 25.1 Å². The predicted molar refractivity (Wildman–Crippen MR) is 86.7 cm³/mol. The Morgan fingerprint density at radius 1 is 1.18 bits per heavy atom. The van der Waals surface area contributed by atoms with Crippen molar-refractivity contribution in [3.63, 3.8) is 0 Å². The van der Waals surface area contributed by atoms with Crippen molar-refractivity contribution in [2.24, 2.45) is 4.99 Å². The smallest absolute Gasteiger partial charge is 0.215 e. The number of fused-ring (bicyclic) bond motifs is 2. The molecule has 0 radical (unpaired) electrons. The zero-order valence-electron chi connectivity index (χ0n) is 11.6. The van der Waals surface area contributed by atoms with Crippen molar-refractivity contribution in [2.45, 2.75) is 6.92 Å². The van der Waals surface area contributed by atoms with E-state index in [9.17, 15) is 9.90 Å². The van der Waals surface area contributed by atoms with E-state index < -0.39 is 0 Å². The summed E-state index contributed by atoms with van der Waals surface area (Å²) in [6.07, 6.45) is 0. The molecule has 1 aliphatic heterocycles. The number of carbonyl (C=O) groups is 1. The first-order valence-electron chi connectivity index (χ1n) is 6.79. The molecule has 0 spiro atoms. The van der Waals surface area contributed by atoms with Gasteiger partial charge in [-0.1, -0.05) is 23.2 Å². The van der Waals surface area contributed by atoms with Gasteiger partial charge >= 0.3 is 0 Å². The summed E-state index contributed by atoms with van der Waals surface area (Å²) in [6.45, 7) is 1.95. The average Bonchev–Trinajstić information content (AvgIpc) is 2.98. The quantitative estimate of drug-likeness (QED) is 0.709. The van der Waals surface area contributed by atoms with E-state index in [1.165, 1.54) is 0 Å². The third-order valence-electron chi connectivity index (χ3n) is 3.81. The number of nitrogens with zero attached hydrogens (tertiary/aromatic N) is 1. The van der Waals surface area contributed by atoms with Crippen LogP contribution in [0.15, 0.2) is 41.4 Å². The molecule has 4 rings (SSSR count). The molecule has 0 fully saturated rings. The average molecular weight is 311 g/mol. The van der Waals surface area contributed by atoms with E-state index >= 15 is 0 Å². The van der Waals surface area contributed by atoms with Gasteiger partial charge < -0.3 is 10.1 Å². The summed E-state index contributed by atoms with van der Waals surface area (Å²) in [6, 6.07) is 10.7. The van der Waals surface area contributed by atoms with Crippen LogP contribution >= 0.6 is 11.6 Å². The van der Waals surface area contributed by atoms with Crippen molar-refractivity contribution in [3.8, 4) is 5.75 Å². The first kappa shape index (κ1) is 13.1. The maximum atomic E-state index is 12.5. The van der Waals surface area contributed by atoms with Crippen LogP contribution in [0, 0.1) is 6.92 Å². The molecular weight excluding hydrogens is 300 g/mol. The molecule has 0 amide bonds. The highest BCUT2D eigenvalue weighted by molar-refractivity contribution is 6.55. The first-order valence-corrected chi connectivity index (χ1v) is 7.17. The first-order chi connectivity index (χ1) is 10.5. The minimum atomic E-state index is -0.240. The summed E-state index contributed by atoms with van der Waals surface area (Å²) < 4.78 is 0. The number of aromatic amines is 1. The summed E-state index contributed by atoms with van der Waals surface area (Å²) in [7, 11) is 0. The van der Waals surface area contributed by atoms with Gasteiger partial charge in [-0.05, 0) is 37.3 Å². The van der Waals surface area contributed by atoms with Gasteiger partial charge in [0.05, 0.1) is 11.3 Å². The Labute approximate surface area is 131 Å². The number of H-pyrrole nitrogens is 1. The lowest BCUT2D eigenvalue weighted by atomic mass is 10.1. The summed E-state index contributed by atoms with van der Waals surface area (Å²) in [5.41, 5.74) is 3.38. The second kappa shape index (κ2) is 4.45. The van der Waals surface area contributed by atoms with Gasteiger partial charge in [0.15, 0.2) is 5.75 Å². The standard InChI is InChI=1S/C17H11ClN2O2/c1-8-2-4-12-10(6-8)16(21)14(19-12)15-17(22)11-7-9(18)3-5-13(11)20-15/h2-7,19,21H,1H3. The molecule has 22 heavy (non-hydrogen) atoms. The van der Waals surface area contributed by atoms with Gasteiger partial charge in [0.25, 0.3) is 0 Å². The summed E-state index contributed by atoms with van der Waals surface area (Å²) >= 11 is 5.93. The molecule has 0 atom stereocenters. The lowest BCUT2D eigenvalue weighted by molar-refractivity contribution is 0.107. The van der Waals surface area contributed by atoms with Crippen LogP contribution in [0.3, 0.4) is 0 Å². The minimum absolute atomic E-state index is 0.0460. The van der Waals surface area contributed by atoms with Crippen molar-refractivity contribution in [3.05, 3.63) is 58.2 Å². The number of rotatable bonds is 1. The van der Waals surface area contributed by atoms with Crippen LogP contribution in [0.4, 0.5) is 5.69 Å². The number of benzene rings is 2. The van der Waals surface area contributed by atoms with Gasteiger partial charge in [-0.15, -0.1) is 0 Å². The molecule has 0 bridgehead atoms. The van der Waals surface area contributed by atoms with E-state index in [2.05, 4.69) is 9.98 Å². The Bertz CT molecular complexity index is 986. The highest BCUT2D eigenvalue weighted by Crippen LogP contribution is 2.36. The van der Waals surface area contributed by atoms with Gasteiger partial charge in [-0.2, -0.15) is 0 Å². The van der Waals surface area contributed by atoms with Crippen LogP contribution in [0.25, 0.3) is 10.9 Å². The van der Waals surface area contributed by atoms with Crippen LogP contribution in [0.5, 0.6) is 5.75 Å². The molecule has 2 aromatic carbocycles. The highest BCUT2D eigenvalue weighted by atomic mass is 35.5. The molecule has 1 aliphatic rings. The maximum Gasteiger partial charge on any atom is 0.215 e. The number of aromatic nitrogens is 1. The lowest BCUT2D eigenvalue weighted by Crippen LogP contribution is -2.11. The molecule has 5 heteroatoms. The molecule has 0 saturated heterocycles. The number of halogens is 1. The number of Topliss-reactive ketones (excluding diaryl/α,β-unsaturated/α-hetero) is 1. The molecule has 2 N–H and O–H groups in total. The number of aliphatic imine (C=N–C) groups is 1.